The molecule has 18 heavy (non-hydrogen) atoms. The van der Waals surface area contributed by atoms with Gasteiger partial charge in [0.1, 0.15) is 6.10 Å². The predicted molar refractivity (Wildman–Crippen MR) is 65.4 cm³/mol. The van der Waals surface area contributed by atoms with E-state index < -0.39 is 0 Å². The zero-order valence-corrected chi connectivity index (χ0v) is 10.6. The third kappa shape index (κ3) is 3.31. The molecule has 2 fully saturated rings. The Morgan fingerprint density at radius 1 is 1.33 bits per heavy atom. The van der Waals surface area contributed by atoms with Gasteiger partial charge in [-0.15, -0.1) is 0 Å². The highest BCUT2D eigenvalue weighted by atomic mass is 16.6. The molecule has 100 valence electrons. The fourth-order valence-corrected chi connectivity index (χ4v) is 2.07. The van der Waals surface area contributed by atoms with Gasteiger partial charge < -0.3 is 19.2 Å². The van der Waals surface area contributed by atoms with Crippen molar-refractivity contribution in [3.8, 4) is 0 Å². The molecule has 1 N–H and O–H groups in total. The first-order chi connectivity index (χ1) is 8.92. The van der Waals surface area contributed by atoms with Crippen molar-refractivity contribution in [2.45, 2.75) is 37.8 Å². The van der Waals surface area contributed by atoms with Crippen LogP contribution in [-0.2, 0) is 15.9 Å². The van der Waals surface area contributed by atoms with Crippen molar-refractivity contribution in [3.63, 3.8) is 0 Å². The number of aryl methyl sites for hydroxylation is 1. The first-order valence-electron chi connectivity index (χ1n) is 6.79. The summed E-state index contributed by atoms with van der Waals surface area (Å²) in [6, 6.07) is 0.776. The van der Waals surface area contributed by atoms with Crippen molar-refractivity contribution in [2.75, 3.05) is 26.4 Å². The van der Waals surface area contributed by atoms with Gasteiger partial charge in [0.05, 0.1) is 26.0 Å². The molecule has 5 nitrogen and oxygen atoms in total. The van der Waals surface area contributed by atoms with Gasteiger partial charge in [-0.05, 0) is 25.8 Å². The summed E-state index contributed by atoms with van der Waals surface area (Å²) in [6.07, 6.45) is 6.31. The lowest BCUT2D eigenvalue weighted by atomic mass is 10.3. The van der Waals surface area contributed by atoms with Crippen LogP contribution >= 0.6 is 0 Å². The molecule has 1 atom stereocenters. The van der Waals surface area contributed by atoms with E-state index in [1.807, 2.05) is 0 Å². The van der Waals surface area contributed by atoms with Crippen LogP contribution < -0.4 is 5.32 Å². The van der Waals surface area contributed by atoms with Crippen molar-refractivity contribution < 1.29 is 13.9 Å². The van der Waals surface area contributed by atoms with Gasteiger partial charge in [-0.3, -0.25) is 0 Å². The molecule has 2 heterocycles. The van der Waals surface area contributed by atoms with E-state index >= 15 is 0 Å². The zero-order valence-electron chi connectivity index (χ0n) is 10.6. The molecule has 1 aliphatic heterocycles. The summed E-state index contributed by atoms with van der Waals surface area (Å²) in [7, 11) is 0. The Morgan fingerprint density at radius 2 is 2.28 bits per heavy atom. The zero-order chi connectivity index (χ0) is 12.2. The van der Waals surface area contributed by atoms with Crippen molar-refractivity contribution in [1.82, 2.24) is 10.3 Å². The lowest BCUT2D eigenvalue weighted by Crippen LogP contribution is -2.21. The van der Waals surface area contributed by atoms with Crippen LogP contribution in [0.1, 0.15) is 37.0 Å². The van der Waals surface area contributed by atoms with Gasteiger partial charge in [-0.2, -0.15) is 0 Å². The van der Waals surface area contributed by atoms with Crippen LogP contribution in [0.3, 0.4) is 0 Å². The van der Waals surface area contributed by atoms with Gasteiger partial charge >= 0.3 is 0 Å². The fraction of sp³-hybridized carbons (Fsp3) is 0.769. The summed E-state index contributed by atoms with van der Waals surface area (Å²) >= 11 is 0. The van der Waals surface area contributed by atoms with Crippen molar-refractivity contribution >= 4 is 0 Å². The Hall–Kier alpha value is -0.910. The van der Waals surface area contributed by atoms with Crippen molar-refractivity contribution in [2.24, 2.45) is 0 Å². The van der Waals surface area contributed by atoms with Crippen LogP contribution in [0.2, 0.25) is 0 Å². The number of nitrogens with zero attached hydrogens (tertiary/aromatic N) is 1. The summed E-state index contributed by atoms with van der Waals surface area (Å²) in [5.41, 5.74) is 0. The van der Waals surface area contributed by atoms with Crippen LogP contribution in [0.25, 0.3) is 0 Å². The topological polar surface area (TPSA) is 56.5 Å². The average Bonchev–Trinajstić information content (AvgIpc) is 3.12. The van der Waals surface area contributed by atoms with Crippen LogP contribution in [0.5, 0.6) is 0 Å². The van der Waals surface area contributed by atoms with E-state index in [9.17, 15) is 0 Å². The fourth-order valence-electron chi connectivity index (χ4n) is 2.07. The van der Waals surface area contributed by atoms with Crippen molar-refractivity contribution in [1.29, 1.82) is 0 Å². The number of hydrogen-bond acceptors (Lipinski definition) is 5. The average molecular weight is 252 g/mol. The Morgan fingerprint density at radius 3 is 3.06 bits per heavy atom. The maximum Gasteiger partial charge on any atom is 0.194 e. The number of hydrogen-bond donors (Lipinski definition) is 1. The minimum Gasteiger partial charge on any atom is -0.443 e. The highest BCUT2D eigenvalue weighted by Crippen LogP contribution is 2.22. The maximum atomic E-state index is 5.70. The standard InChI is InChI=1S/C13H20N2O3/c1(5-14-10-3-4-10)2-13-15-8-11(18-13)12-9-16-6-7-17-12/h8,10,12,14H,1-7,9H2. The predicted octanol–water partition coefficient (Wildman–Crippen LogP) is 1.45. The Balaban J connectivity index is 1.43. The van der Waals surface area contributed by atoms with Gasteiger partial charge in [-0.25, -0.2) is 4.98 Å². The summed E-state index contributed by atoms with van der Waals surface area (Å²) < 4.78 is 16.6. The Bertz CT molecular complexity index is 370. The van der Waals surface area contributed by atoms with Crippen molar-refractivity contribution in [3.05, 3.63) is 17.8 Å². The van der Waals surface area contributed by atoms with Gasteiger partial charge in [-0.1, -0.05) is 0 Å². The summed E-state index contributed by atoms with van der Waals surface area (Å²) in [4.78, 5) is 4.29. The number of oxazole rings is 1. The second-order valence-electron chi connectivity index (χ2n) is 4.92. The van der Waals surface area contributed by atoms with Gasteiger partial charge in [0, 0.05) is 12.5 Å². The van der Waals surface area contributed by atoms with E-state index in [4.69, 9.17) is 13.9 Å². The van der Waals surface area contributed by atoms with Crippen LogP contribution in [0, 0.1) is 0 Å². The molecule has 1 unspecified atom stereocenters. The minimum atomic E-state index is -0.0791. The summed E-state index contributed by atoms with van der Waals surface area (Å²) in [6.45, 7) is 2.92. The second kappa shape index (κ2) is 5.82. The SMILES string of the molecule is c1nc(CCCNC2CC2)oc1C1COCCO1. The van der Waals surface area contributed by atoms with E-state index in [-0.39, 0.29) is 6.10 Å². The van der Waals surface area contributed by atoms with Gasteiger partial charge in [0.15, 0.2) is 11.7 Å². The number of rotatable bonds is 6. The third-order valence-corrected chi connectivity index (χ3v) is 3.28. The molecule has 0 radical (unpaired) electrons. The largest absolute Gasteiger partial charge is 0.443 e. The molecule has 1 saturated heterocycles. The number of ether oxygens (including phenoxy) is 2. The van der Waals surface area contributed by atoms with E-state index in [0.717, 1.165) is 37.1 Å². The Kier molecular flexibility index (Phi) is 3.93. The molecule has 1 aromatic rings. The highest BCUT2D eigenvalue weighted by molar-refractivity contribution is 4.99. The Labute approximate surface area is 107 Å². The van der Waals surface area contributed by atoms with E-state index in [0.29, 0.717) is 19.8 Å². The van der Waals surface area contributed by atoms with Crippen LogP contribution in [-0.4, -0.2) is 37.4 Å². The van der Waals surface area contributed by atoms with Gasteiger partial charge in [0.2, 0.25) is 0 Å². The molecule has 1 aliphatic carbocycles. The first kappa shape index (κ1) is 12.1. The molecule has 1 saturated carbocycles. The lowest BCUT2D eigenvalue weighted by Gasteiger charge is -2.20. The molecule has 3 rings (SSSR count). The monoisotopic (exact) mass is 252 g/mol. The van der Waals surface area contributed by atoms with Gasteiger partial charge in [0.25, 0.3) is 0 Å². The highest BCUT2D eigenvalue weighted by Gasteiger charge is 2.21. The first-order valence-corrected chi connectivity index (χ1v) is 6.79. The molecule has 2 aliphatic rings. The minimum absolute atomic E-state index is 0.0791. The molecular weight excluding hydrogens is 232 g/mol. The van der Waals surface area contributed by atoms with E-state index in [1.54, 1.807) is 6.20 Å². The third-order valence-electron chi connectivity index (χ3n) is 3.28. The summed E-state index contributed by atoms with van der Waals surface area (Å²) in [5, 5.41) is 3.48. The van der Waals surface area contributed by atoms with Crippen LogP contribution in [0.15, 0.2) is 10.6 Å². The number of nitrogens with one attached hydrogen (secondary N) is 1. The number of aromatic nitrogens is 1. The molecule has 1 aromatic heterocycles. The van der Waals surface area contributed by atoms with Crippen LogP contribution in [0.4, 0.5) is 0 Å². The normalized spacial score (nSPS) is 24.3. The molecule has 5 heteroatoms. The molecule has 0 spiro atoms. The smallest absolute Gasteiger partial charge is 0.194 e. The lowest BCUT2D eigenvalue weighted by molar-refractivity contribution is -0.0978. The van der Waals surface area contributed by atoms with E-state index in [2.05, 4.69) is 10.3 Å². The summed E-state index contributed by atoms with van der Waals surface area (Å²) in [5.74, 6) is 1.59. The van der Waals surface area contributed by atoms with E-state index in [1.165, 1.54) is 12.8 Å². The maximum absolute atomic E-state index is 5.70. The second-order valence-corrected chi connectivity index (χ2v) is 4.92. The quantitative estimate of drug-likeness (QED) is 0.776. The molecule has 0 bridgehead atoms. The molecule has 0 aromatic carbocycles. The molecule has 0 amide bonds. The molecular formula is C13H20N2O3.